The molecule has 0 aliphatic carbocycles. The number of amidine groups is 1. The van der Waals surface area contributed by atoms with Gasteiger partial charge in [-0.3, -0.25) is 0 Å². The number of anilines is 1. The van der Waals surface area contributed by atoms with Gasteiger partial charge in [-0.2, -0.15) is 0 Å². The van der Waals surface area contributed by atoms with Crippen LogP contribution in [0.3, 0.4) is 0 Å². The predicted octanol–water partition coefficient (Wildman–Crippen LogP) is 1.70. The summed E-state index contributed by atoms with van der Waals surface area (Å²) in [6, 6.07) is 5.99. The van der Waals surface area contributed by atoms with Gasteiger partial charge in [0, 0.05) is 30.9 Å². The van der Waals surface area contributed by atoms with Gasteiger partial charge in [0.2, 0.25) is 0 Å². The number of hydrogen-bond donors (Lipinski definition) is 2. The third-order valence-electron chi connectivity index (χ3n) is 3.41. The van der Waals surface area contributed by atoms with Crippen molar-refractivity contribution in [1.82, 2.24) is 0 Å². The number of nitrogens with two attached hydrogens (primary N) is 1. The Morgan fingerprint density at radius 2 is 2.32 bits per heavy atom. The van der Waals surface area contributed by atoms with Crippen LogP contribution in [0.25, 0.3) is 0 Å². The molecule has 0 aromatic heterocycles. The second kappa shape index (κ2) is 5.93. The smallest absolute Gasteiger partial charge is 0.170 e. The van der Waals surface area contributed by atoms with E-state index in [1.807, 2.05) is 19.1 Å². The zero-order chi connectivity index (χ0) is 13.8. The van der Waals surface area contributed by atoms with Crippen molar-refractivity contribution in [3.63, 3.8) is 0 Å². The molecule has 1 aromatic rings. The Morgan fingerprint density at radius 3 is 3.00 bits per heavy atom. The van der Waals surface area contributed by atoms with Crippen molar-refractivity contribution >= 4 is 11.5 Å². The highest BCUT2D eigenvalue weighted by molar-refractivity contribution is 5.98. The molecule has 0 bridgehead atoms. The van der Waals surface area contributed by atoms with Crippen molar-refractivity contribution < 1.29 is 9.94 Å². The number of rotatable bonds is 2. The van der Waals surface area contributed by atoms with Crippen molar-refractivity contribution in [1.29, 1.82) is 0 Å². The first kappa shape index (κ1) is 13.7. The number of aryl methyl sites for hydroxylation is 1. The fraction of sp³-hybridized carbons (Fsp3) is 0.500. The maximum atomic E-state index is 8.74. The normalized spacial score (nSPS) is 21.3. The van der Waals surface area contributed by atoms with E-state index in [9.17, 15) is 0 Å². The summed E-state index contributed by atoms with van der Waals surface area (Å²) in [6.07, 6.45) is 1.28. The van der Waals surface area contributed by atoms with Gasteiger partial charge in [0.1, 0.15) is 0 Å². The number of hydrogen-bond acceptors (Lipinski definition) is 4. The molecule has 1 aliphatic rings. The van der Waals surface area contributed by atoms with Crippen LogP contribution in [0, 0.1) is 6.92 Å². The Bertz CT molecular complexity index is 474. The van der Waals surface area contributed by atoms with E-state index in [0.717, 1.165) is 42.9 Å². The van der Waals surface area contributed by atoms with Crippen LogP contribution in [0.1, 0.15) is 24.5 Å². The molecule has 5 nitrogen and oxygen atoms in total. The standard InChI is InChI=1S/C14H21N3O2/c1-10-8-12(4-5-13(10)14(15)16-18)17-6-3-7-19-11(2)9-17/h4-5,8,11,18H,3,6-7,9H2,1-2H3,(H2,15,16). The van der Waals surface area contributed by atoms with Crippen molar-refractivity contribution in [3.05, 3.63) is 29.3 Å². The Labute approximate surface area is 113 Å². The van der Waals surface area contributed by atoms with Crippen molar-refractivity contribution in [2.45, 2.75) is 26.4 Å². The monoisotopic (exact) mass is 263 g/mol. The summed E-state index contributed by atoms with van der Waals surface area (Å²) in [7, 11) is 0. The molecule has 2 rings (SSSR count). The van der Waals surface area contributed by atoms with Crippen molar-refractivity contribution in [2.75, 3.05) is 24.6 Å². The van der Waals surface area contributed by atoms with Gasteiger partial charge in [-0.1, -0.05) is 5.16 Å². The average Bonchev–Trinajstić information content (AvgIpc) is 2.62. The SMILES string of the molecule is Cc1cc(N2CCCOC(C)C2)ccc1/C(N)=N/O. The van der Waals surface area contributed by atoms with E-state index in [4.69, 9.17) is 15.7 Å². The van der Waals surface area contributed by atoms with Gasteiger partial charge < -0.3 is 20.6 Å². The highest BCUT2D eigenvalue weighted by atomic mass is 16.5. The summed E-state index contributed by atoms with van der Waals surface area (Å²) in [5.74, 6) is 0.150. The van der Waals surface area contributed by atoms with E-state index in [0.29, 0.717) is 0 Å². The van der Waals surface area contributed by atoms with Crippen LogP contribution in [0.5, 0.6) is 0 Å². The molecular weight excluding hydrogens is 242 g/mol. The maximum absolute atomic E-state index is 8.74. The highest BCUT2D eigenvalue weighted by Crippen LogP contribution is 2.21. The van der Waals surface area contributed by atoms with Crippen LogP contribution in [0.4, 0.5) is 5.69 Å². The summed E-state index contributed by atoms with van der Waals surface area (Å²) in [4.78, 5) is 2.32. The number of nitrogens with zero attached hydrogens (tertiary/aromatic N) is 2. The molecular formula is C14H21N3O2. The first-order chi connectivity index (χ1) is 9.11. The molecule has 5 heteroatoms. The van der Waals surface area contributed by atoms with E-state index in [2.05, 4.69) is 23.0 Å². The molecule has 1 aliphatic heterocycles. The number of benzene rings is 1. The molecule has 0 spiro atoms. The molecule has 1 heterocycles. The second-order valence-electron chi connectivity index (χ2n) is 4.97. The van der Waals surface area contributed by atoms with Crippen molar-refractivity contribution in [3.8, 4) is 0 Å². The largest absolute Gasteiger partial charge is 0.409 e. The zero-order valence-electron chi connectivity index (χ0n) is 11.5. The van der Waals surface area contributed by atoms with Gasteiger partial charge in [0.05, 0.1) is 6.10 Å². The van der Waals surface area contributed by atoms with Crippen LogP contribution in [-0.2, 0) is 4.74 Å². The summed E-state index contributed by atoms with van der Waals surface area (Å²) in [5.41, 5.74) is 8.57. The minimum atomic E-state index is 0.150. The fourth-order valence-electron chi connectivity index (χ4n) is 2.41. The molecule has 1 aromatic carbocycles. The lowest BCUT2D eigenvalue weighted by Crippen LogP contribution is -2.30. The third-order valence-corrected chi connectivity index (χ3v) is 3.41. The van der Waals surface area contributed by atoms with Gasteiger partial charge in [-0.25, -0.2) is 0 Å². The Kier molecular flexibility index (Phi) is 4.27. The summed E-state index contributed by atoms with van der Waals surface area (Å²) >= 11 is 0. The molecule has 0 saturated carbocycles. The van der Waals surface area contributed by atoms with E-state index >= 15 is 0 Å². The Balaban J connectivity index is 2.23. The third kappa shape index (κ3) is 3.17. The molecule has 104 valence electrons. The quantitative estimate of drug-likeness (QED) is 0.369. The Hall–Kier alpha value is -1.75. The predicted molar refractivity (Wildman–Crippen MR) is 75.9 cm³/mol. The molecule has 1 fully saturated rings. The zero-order valence-corrected chi connectivity index (χ0v) is 11.5. The van der Waals surface area contributed by atoms with Gasteiger partial charge >= 0.3 is 0 Å². The molecule has 1 saturated heterocycles. The minimum Gasteiger partial charge on any atom is -0.409 e. The van der Waals surface area contributed by atoms with Crippen LogP contribution in [-0.4, -0.2) is 36.8 Å². The first-order valence-electron chi connectivity index (χ1n) is 6.57. The summed E-state index contributed by atoms with van der Waals surface area (Å²) < 4.78 is 5.65. The average molecular weight is 263 g/mol. The molecule has 19 heavy (non-hydrogen) atoms. The summed E-state index contributed by atoms with van der Waals surface area (Å²) in [6.45, 7) is 6.76. The first-order valence-corrected chi connectivity index (χ1v) is 6.57. The molecule has 1 unspecified atom stereocenters. The van der Waals surface area contributed by atoms with Crippen LogP contribution in [0.2, 0.25) is 0 Å². The number of oxime groups is 1. The van der Waals surface area contributed by atoms with Crippen LogP contribution in [0.15, 0.2) is 23.4 Å². The van der Waals surface area contributed by atoms with Crippen LogP contribution >= 0.6 is 0 Å². The van der Waals surface area contributed by atoms with Gasteiger partial charge in [-0.15, -0.1) is 0 Å². The second-order valence-corrected chi connectivity index (χ2v) is 4.97. The van der Waals surface area contributed by atoms with E-state index < -0.39 is 0 Å². The van der Waals surface area contributed by atoms with Crippen molar-refractivity contribution in [2.24, 2.45) is 10.9 Å². The minimum absolute atomic E-state index is 0.150. The van der Waals surface area contributed by atoms with E-state index in [-0.39, 0.29) is 11.9 Å². The van der Waals surface area contributed by atoms with Gasteiger partial charge in [-0.05, 0) is 44.0 Å². The van der Waals surface area contributed by atoms with E-state index in [1.54, 1.807) is 0 Å². The lowest BCUT2D eigenvalue weighted by Gasteiger charge is -2.25. The van der Waals surface area contributed by atoms with Gasteiger partial charge in [0.25, 0.3) is 0 Å². The topological polar surface area (TPSA) is 71.1 Å². The van der Waals surface area contributed by atoms with Gasteiger partial charge in [0.15, 0.2) is 5.84 Å². The molecule has 0 radical (unpaired) electrons. The number of ether oxygens (including phenoxy) is 1. The molecule has 3 N–H and O–H groups in total. The molecule has 1 atom stereocenters. The highest BCUT2D eigenvalue weighted by Gasteiger charge is 2.16. The van der Waals surface area contributed by atoms with E-state index in [1.165, 1.54) is 0 Å². The lowest BCUT2D eigenvalue weighted by molar-refractivity contribution is 0.0821. The Morgan fingerprint density at radius 1 is 1.53 bits per heavy atom. The fourth-order valence-corrected chi connectivity index (χ4v) is 2.41. The van der Waals surface area contributed by atoms with Crippen LogP contribution < -0.4 is 10.6 Å². The summed E-state index contributed by atoms with van der Waals surface area (Å²) in [5, 5.41) is 11.8. The lowest BCUT2D eigenvalue weighted by atomic mass is 10.1. The maximum Gasteiger partial charge on any atom is 0.170 e. The molecule has 0 amide bonds.